The molecule has 1 atom stereocenters. The lowest BCUT2D eigenvalue weighted by Gasteiger charge is -2.25. The minimum Gasteiger partial charge on any atom is -0.481 e. The monoisotopic (exact) mass is 378 g/mol. The maximum absolute atomic E-state index is 12.7. The van der Waals surface area contributed by atoms with Gasteiger partial charge in [0.25, 0.3) is 5.91 Å². The van der Waals surface area contributed by atoms with Gasteiger partial charge >= 0.3 is 5.97 Å². The number of aliphatic carboxylic acids is 1. The second-order valence-corrected chi connectivity index (χ2v) is 9.13. The first kappa shape index (κ1) is 18.2. The summed E-state index contributed by atoms with van der Waals surface area (Å²) >= 11 is 2.74. The Morgan fingerprint density at radius 3 is 2.65 bits per heavy atom. The number of rotatable bonds is 6. The molecule has 0 aromatic carbocycles. The van der Waals surface area contributed by atoms with Crippen molar-refractivity contribution in [2.45, 2.75) is 11.8 Å². The van der Waals surface area contributed by atoms with Gasteiger partial charge in [-0.3, -0.25) is 9.59 Å². The first-order chi connectivity index (χ1) is 10.8. The topological polar surface area (TPSA) is 104 Å². The summed E-state index contributed by atoms with van der Waals surface area (Å²) in [6.07, 6.45) is 0. The van der Waals surface area contributed by atoms with Gasteiger partial charge in [0, 0.05) is 31.1 Å². The molecule has 1 amide bonds. The zero-order chi connectivity index (χ0) is 17.0. The molecule has 2 N–H and O–H groups in total. The van der Waals surface area contributed by atoms with Crippen molar-refractivity contribution < 1.29 is 23.1 Å². The molecule has 1 fully saturated rings. The molecule has 10 heteroatoms. The number of carbonyl (C=O) groups is 2. The van der Waals surface area contributed by atoms with Crippen LogP contribution in [0.25, 0.3) is 0 Å². The lowest BCUT2D eigenvalue weighted by molar-refractivity contribution is -0.140. The van der Waals surface area contributed by atoms with Gasteiger partial charge in [0.1, 0.15) is 9.77 Å². The van der Waals surface area contributed by atoms with E-state index in [0.717, 1.165) is 22.8 Å². The first-order valence-electron chi connectivity index (χ1n) is 7.00. The van der Waals surface area contributed by atoms with Crippen LogP contribution < -0.4 is 5.32 Å². The Balaban J connectivity index is 2.15. The fraction of sp³-hybridized carbons (Fsp3) is 0.538. The molecule has 0 saturated carbocycles. The van der Waals surface area contributed by atoms with Crippen molar-refractivity contribution in [3.63, 3.8) is 0 Å². The highest BCUT2D eigenvalue weighted by atomic mass is 32.2. The normalized spacial score (nSPS) is 17.6. The molecule has 1 aliphatic heterocycles. The third-order valence-corrected chi connectivity index (χ3v) is 7.34. The molecular weight excluding hydrogens is 360 g/mol. The predicted octanol–water partition coefficient (Wildman–Crippen LogP) is 0.936. The van der Waals surface area contributed by atoms with Crippen molar-refractivity contribution >= 4 is 45.0 Å². The van der Waals surface area contributed by atoms with Gasteiger partial charge in [-0.2, -0.15) is 16.1 Å². The van der Waals surface area contributed by atoms with Gasteiger partial charge in [-0.1, -0.05) is 6.92 Å². The molecule has 2 heterocycles. The van der Waals surface area contributed by atoms with Crippen LogP contribution in [0.5, 0.6) is 0 Å². The van der Waals surface area contributed by atoms with Crippen molar-refractivity contribution in [3.8, 4) is 0 Å². The lowest BCUT2D eigenvalue weighted by Crippen LogP contribution is -2.39. The number of thiophene rings is 1. The van der Waals surface area contributed by atoms with Crippen molar-refractivity contribution in [1.82, 2.24) is 9.62 Å². The Labute approximate surface area is 143 Å². The summed E-state index contributed by atoms with van der Waals surface area (Å²) in [6.45, 7) is 2.28. The number of hydrogen-bond donors (Lipinski definition) is 2. The van der Waals surface area contributed by atoms with E-state index in [1.807, 2.05) is 0 Å². The highest BCUT2D eigenvalue weighted by Crippen LogP contribution is 2.27. The van der Waals surface area contributed by atoms with Crippen LogP contribution in [-0.4, -0.2) is 60.8 Å². The molecule has 0 radical (unpaired) electrons. The molecule has 7 nitrogen and oxygen atoms in total. The summed E-state index contributed by atoms with van der Waals surface area (Å²) < 4.78 is 26.7. The summed E-state index contributed by atoms with van der Waals surface area (Å²) in [5.74, 6) is -0.839. The van der Waals surface area contributed by atoms with Crippen LogP contribution in [0, 0.1) is 5.92 Å². The molecule has 1 aromatic heterocycles. The summed E-state index contributed by atoms with van der Waals surface area (Å²) in [5.41, 5.74) is 0. The third kappa shape index (κ3) is 4.25. The first-order valence-corrected chi connectivity index (χ1v) is 10.5. The summed E-state index contributed by atoms with van der Waals surface area (Å²) in [5, 5.41) is 12.9. The largest absolute Gasteiger partial charge is 0.481 e. The standard InChI is InChI=1S/C13H18N2O5S3/c1-9(13(17)18)8-14-12(16)11-10(2-5-22-11)23(19,20)15-3-6-21-7-4-15/h2,5,9H,3-4,6-8H2,1H3,(H,14,16)(H,17,18). The molecular formula is C13H18N2O5S3. The van der Waals surface area contributed by atoms with E-state index in [1.54, 1.807) is 17.1 Å². The van der Waals surface area contributed by atoms with Crippen LogP contribution >= 0.6 is 23.1 Å². The van der Waals surface area contributed by atoms with E-state index < -0.39 is 27.8 Å². The van der Waals surface area contributed by atoms with Crippen molar-refractivity contribution in [1.29, 1.82) is 0 Å². The Hall–Kier alpha value is -1.10. The van der Waals surface area contributed by atoms with Crippen LogP contribution in [0.4, 0.5) is 0 Å². The fourth-order valence-corrected chi connectivity index (χ4v) is 5.90. The van der Waals surface area contributed by atoms with Crippen molar-refractivity contribution in [2.24, 2.45) is 5.92 Å². The minimum atomic E-state index is -3.70. The quantitative estimate of drug-likeness (QED) is 0.763. The second kappa shape index (κ2) is 7.65. The number of sulfonamides is 1. The third-order valence-electron chi connectivity index (χ3n) is 3.41. The molecule has 0 bridgehead atoms. The molecule has 2 rings (SSSR count). The number of nitrogens with one attached hydrogen (secondary N) is 1. The van der Waals surface area contributed by atoms with Crippen molar-refractivity contribution in [2.75, 3.05) is 31.1 Å². The van der Waals surface area contributed by atoms with Gasteiger partial charge in [-0.25, -0.2) is 8.42 Å². The molecule has 1 aliphatic rings. The van der Waals surface area contributed by atoms with Gasteiger partial charge < -0.3 is 10.4 Å². The van der Waals surface area contributed by atoms with Gasteiger partial charge in [-0.15, -0.1) is 11.3 Å². The summed E-state index contributed by atoms with van der Waals surface area (Å²) in [6, 6.07) is 1.43. The van der Waals surface area contributed by atoms with E-state index in [2.05, 4.69) is 5.32 Å². The summed E-state index contributed by atoms with van der Waals surface area (Å²) in [7, 11) is -3.70. The maximum Gasteiger partial charge on any atom is 0.308 e. The van der Waals surface area contributed by atoms with E-state index in [1.165, 1.54) is 17.3 Å². The van der Waals surface area contributed by atoms with Crippen LogP contribution in [-0.2, 0) is 14.8 Å². The number of thioether (sulfide) groups is 1. The molecule has 0 spiro atoms. The van der Waals surface area contributed by atoms with Crippen LogP contribution in [0.3, 0.4) is 0 Å². The average Bonchev–Trinajstić information content (AvgIpc) is 3.03. The molecule has 23 heavy (non-hydrogen) atoms. The summed E-state index contributed by atoms with van der Waals surface area (Å²) in [4.78, 5) is 23.1. The fourth-order valence-electron chi connectivity index (χ4n) is 2.01. The smallest absolute Gasteiger partial charge is 0.308 e. The molecule has 128 valence electrons. The van der Waals surface area contributed by atoms with Crippen LogP contribution in [0.1, 0.15) is 16.6 Å². The number of carbonyl (C=O) groups excluding carboxylic acids is 1. The van der Waals surface area contributed by atoms with E-state index in [4.69, 9.17) is 5.11 Å². The average molecular weight is 378 g/mol. The lowest BCUT2D eigenvalue weighted by atomic mass is 10.2. The van der Waals surface area contributed by atoms with E-state index in [0.29, 0.717) is 13.1 Å². The molecule has 1 aromatic rings. The minimum absolute atomic E-state index is 0.00474. The molecule has 1 unspecified atom stereocenters. The highest BCUT2D eigenvalue weighted by Gasteiger charge is 2.31. The predicted molar refractivity (Wildman–Crippen MR) is 89.5 cm³/mol. The number of carboxylic acids is 1. The van der Waals surface area contributed by atoms with Gasteiger partial charge in [-0.05, 0) is 11.4 Å². The van der Waals surface area contributed by atoms with Gasteiger partial charge in [0.05, 0.1) is 5.92 Å². The van der Waals surface area contributed by atoms with Gasteiger partial charge in [0.2, 0.25) is 10.0 Å². The van der Waals surface area contributed by atoms with Crippen LogP contribution in [0.2, 0.25) is 0 Å². The molecule has 1 saturated heterocycles. The highest BCUT2D eigenvalue weighted by molar-refractivity contribution is 7.99. The zero-order valence-corrected chi connectivity index (χ0v) is 15.0. The van der Waals surface area contributed by atoms with Crippen molar-refractivity contribution in [3.05, 3.63) is 16.3 Å². The number of amides is 1. The Kier molecular flexibility index (Phi) is 6.06. The van der Waals surface area contributed by atoms with Gasteiger partial charge in [0.15, 0.2) is 0 Å². The maximum atomic E-state index is 12.7. The number of nitrogens with zero attached hydrogens (tertiary/aromatic N) is 1. The Morgan fingerprint density at radius 2 is 2.04 bits per heavy atom. The Morgan fingerprint density at radius 1 is 1.39 bits per heavy atom. The van der Waals surface area contributed by atoms with Crippen LogP contribution in [0.15, 0.2) is 16.3 Å². The number of carboxylic acid groups (broad SMARTS) is 1. The second-order valence-electron chi connectivity index (χ2n) is 5.08. The number of hydrogen-bond acceptors (Lipinski definition) is 6. The Bertz CT molecular complexity index is 680. The van der Waals surface area contributed by atoms with E-state index in [9.17, 15) is 18.0 Å². The SMILES string of the molecule is CC(CNC(=O)c1sccc1S(=O)(=O)N1CCSCC1)C(=O)O. The van der Waals surface area contributed by atoms with E-state index >= 15 is 0 Å². The molecule has 0 aliphatic carbocycles. The zero-order valence-electron chi connectivity index (χ0n) is 12.5. The van der Waals surface area contributed by atoms with E-state index in [-0.39, 0.29) is 16.3 Å².